The summed E-state index contributed by atoms with van der Waals surface area (Å²) in [6.07, 6.45) is 0. The Morgan fingerprint density at radius 1 is 1.13 bits per heavy atom. The third-order valence-corrected chi connectivity index (χ3v) is 3.44. The number of hydrogen-bond donors (Lipinski definition) is 2. The molecule has 0 aromatic heterocycles. The Balaban J connectivity index is 2.05. The number of carbonyl (C=O) groups excluding carboxylic acids is 1. The van der Waals surface area contributed by atoms with E-state index < -0.39 is 4.92 Å². The predicted molar refractivity (Wildman–Crippen MR) is 88.9 cm³/mol. The van der Waals surface area contributed by atoms with Gasteiger partial charge in [-0.2, -0.15) is 0 Å². The van der Waals surface area contributed by atoms with Crippen LogP contribution in [0.25, 0.3) is 5.70 Å². The molecule has 0 radical (unpaired) electrons. The maximum absolute atomic E-state index is 12.0. The molecule has 0 saturated carbocycles. The first-order chi connectivity index (χ1) is 10.9. The Morgan fingerprint density at radius 2 is 1.74 bits per heavy atom. The third kappa shape index (κ3) is 4.08. The minimum Gasteiger partial charge on any atom is -0.298 e. The number of nitro benzene ring substituents is 1. The van der Waals surface area contributed by atoms with Crippen LogP contribution >= 0.6 is 11.6 Å². The molecule has 23 heavy (non-hydrogen) atoms. The number of halogens is 1. The van der Waals surface area contributed by atoms with E-state index in [-0.39, 0.29) is 11.6 Å². The van der Waals surface area contributed by atoms with Crippen LogP contribution in [0.3, 0.4) is 0 Å². The maximum Gasteiger partial charge on any atom is 0.272 e. The number of aryl methyl sites for hydroxylation is 1. The van der Waals surface area contributed by atoms with E-state index in [1.54, 1.807) is 43.3 Å². The van der Waals surface area contributed by atoms with E-state index in [2.05, 4.69) is 17.4 Å². The Bertz CT molecular complexity index is 773. The molecule has 6 nitrogen and oxygen atoms in total. The molecule has 0 spiro atoms. The van der Waals surface area contributed by atoms with Crippen LogP contribution in [-0.2, 0) is 0 Å². The van der Waals surface area contributed by atoms with Crippen LogP contribution in [0.2, 0.25) is 5.02 Å². The zero-order valence-corrected chi connectivity index (χ0v) is 13.1. The number of carbonyl (C=O) groups is 1. The molecule has 0 fully saturated rings. The molecule has 0 aliphatic heterocycles. The molecule has 0 saturated heterocycles. The van der Waals surface area contributed by atoms with Crippen molar-refractivity contribution in [3.8, 4) is 0 Å². The summed E-state index contributed by atoms with van der Waals surface area (Å²) in [7, 11) is 0. The van der Waals surface area contributed by atoms with Crippen molar-refractivity contribution in [3.63, 3.8) is 0 Å². The summed E-state index contributed by atoms with van der Waals surface area (Å²) in [5, 5.41) is 11.5. The number of hydrazine groups is 1. The fourth-order valence-electron chi connectivity index (χ4n) is 1.87. The van der Waals surface area contributed by atoms with E-state index in [9.17, 15) is 14.9 Å². The number of amides is 1. The van der Waals surface area contributed by atoms with Crippen molar-refractivity contribution in [2.24, 2.45) is 0 Å². The monoisotopic (exact) mass is 331 g/mol. The highest BCUT2D eigenvalue weighted by Crippen LogP contribution is 2.22. The molecule has 0 heterocycles. The molecule has 2 aromatic rings. The van der Waals surface area contributed by atoms with E-state index in [1.165, 1.54) is 6.07 Å². The zero-order valence-electron chi connectivity index (χ0n) is 12.3. The fraction of sp³-hybridized carbons (Fsp3) is 0.0625. The van der Waals surface area contributed by atoms with Crippen molar-refractivity contribution in [1.29, 1.82) is 0 Å². The van der Waals surface area contributed by atoms with Gasteiger partial charge in [-0.15, -0.1) is 0 Å². The zero-order chi connectivity index (χ0) is 17.0. The van der Waals surface area contributed by atoms with Gasteiger partial charge >= 0.3 is 0 Å². The molecular formula is C16H14ClN3O3. The van der Waals surface area contributed by atoms with E-state index in [4.69, 9.17) is 11.6 Å². The van der Waals surface area contributed by atoms with Crippen LogP contribution in [0.15, 0.2) is 49.0 Å². The van der Waals surface area contributed by atoms with E-state index in [0.717, 1.165) is 0 Å². The minimum absolute atomic E-state index is 0.00511. The maximum atomic E-state index is 12.0. The molecule has 118 valence electrons. The van der Waals surface area contributed by atoms with Crippen molar-refractivity contribution >= 4 is 28.9 Å². The van der Waals surface area contributed by atoms with Gasteiger partial charge in [0.05, 0.1) is 10.6 Å². The third-order valence-electron chi connectivity index (χ3n) is 3.19. The van der Waals surface area contributed by atoms with Crippen LogP contribution in [0.5, 0.6) is 0 Å². The highest BCUT2D eigenvalue weighted by Gasteiger charge is 2.13. The van der Waals surface area contributed by atoms with Crippen molar-refractivity contribution in [3.05, 3.63) is 80.9 Å². The number of nitrogens with zero attached hydrogens (tertiary/aromatic N) is 1. The first-order valence-corrected chi connectivity index (χ1v) is 7.02. The lowest BCUT2D eigenvalue weighted by Gasteiger charge is -2.11. The lowest BCUT2D eigenvalue weighted by Crippen LogP contribution is -2.35. The average molecular weight is 332 g/mol. The molecule has 0 unspecified atom stereocenters. The standard InChI is InChI=1S/C16H14ClN3O3/c1-10-3-4-13(9-15(10)20(22)23)11(2)18-19-16(21)12-5-7-14(17)8-6-12/h3-9,18H,2H2,1H3,(H,19,21). The van der Waals surface area contributed by atoms with Crippen LogP contribution in [0, 0.1) is 17.0 Å². The van der Waals surface area contributed by atoms with Crippen molar-refractivity contribution in [2.75, 3.05) is 0 Å². The first-order valence-electron chi connectivity index (χ1n) is 6.64. The second kappa shape index (κ2) is 6.93. The van der Waals surface area contributed by atoms with Crippen LogP contribution < -0.4 is 10.9 Å². The Hall–Kier alpha value is -2.86. The second-order valence-electron chi connectivity index (χ2n) is 4.82. The summed E-state index contributed by atoms with van der Waals surface area (Å²) < 4.78 is 0. The summed E-state index contributed by atoms with van der Waals surface area (Å²) in [6.45, 7) is 5.42. The van der Waals surface area contributed by atoms with Gasteiger partial charge in [0, 0.05) is 27.8 Å². The predicted octanol–water partition coefficient (Wildman–Crippen LogP) is 3.46. The van der Waals surface area contributed by atoms with Gasteiger partial charge in [0.15, 0.2) is 0 Å². The molecule has 0 aliphatic rings. The van der Waals surface area contributed by atoms with Crippen molar-refractivity contribution in [2.45, 2.75) is 6.92 Å². The second-order valence-corrected chi connectivity index (χ2v) is 5.26. The molecule has 2 N–H and O–H groups in total. The van der Waals surface area contributed by atoms with Crippen molar-refractivity contribution < 1.29 is 9.72 Å². The number of rotatable bonds is 5. The smallest absolute Gasteiger partial charge is 0.272 e. The summed E-state index contributed by atoms with van der Waals surface area (Å²) in [5.41, 5.74) is 6.95. The summed E-state index contributed by atoms with van der Waals surface area (Å²) in [4.78, 5) is 22.4. The highest BCUT2D eigenvalue weighted by molar-refractivity contribution is 6.30. The number of hydrogen-bond acceptors (Lipinski definition) is 4. The fourth-order valence-corrected chi connectivity index (χ4v) is 2.00. The van der Waals surface area contributed by atoms with Crippen LogP contribution in [0.1, 0.15) is 21.5 Å². The highest BCUT2D eigenvalue weighted by atomic mass is 35.5. The van der Waals surface area contributed by atoms with E-state index in [0.29, 0.717) is 27.4 Å². The Kier molecular flexibility index (Phi) is 4.98. The van der Waals surface area contributed by atoms with Gasteiger partial charge in [0.25, 0.3) is 11.6 Å². The molecule has 0 aliphatic carbocycles. The van der Waals surface area contributed by atoms with E-state index in [1.807, 2.05) is 0 Å². The number of nitrogens with one attached hydrogen (secondary N) is 2. The summed E-state index contributed by atoms with van der Waals surface area (Å²) in [5.74, 6) is -0.371. The van der Waals surface area contributed by atoms with Crippen LogP contribution in [-0.4, -0.2) is 10.8 Å². The molecule has 0 bridgehead atoms. The normalized spacial score (nSPS) is 10.0. The Morgan fingerprint density at radius 3 is 2.35 bits per heavy atom. The summed E-state index contributed by atoms with van der Waals surface area (Å²) >= 11 is 5.76. The summed E-state index contributed by atoms with van der Waals surface area (Å²) in [6, 6.07) is 11.1. The van der Waals surface area contributed by atoms with E-state index >= 15 is 0 Å². The molecular weight excluding hydrogens is 318 g/mol. The van der Waals surface area contributed by atoms with Crippen LogP contribution in [0.4, 0.5) is 5.69 Å². The van der Waals surface area contributed by atoms with Gasteiger partial charge in [-0.05, 0) is 31.2 Å². The average Bonchev–Trinajstić information content (AvgIpc) is 2.53. The first kappa shape index (κ1) is 16.5. The van der Waals surface area contributed by atoms with Crippen molar-refractivity contribution in [1.82, 2.24) is 10.9 Å². The topological polar surface area (TPSA) is 84.3 Å². The van der Waals surface area contributed by atoms with Gasteiger partial charge in [-0.3, -0.25) is 25.8 Å². The molecule has 0 atom stereocenters. The molecule has 2 aromatic carbocycles. The van der Waals surface area contributed by atoms with Gasteiger partial charge in [0.2, 0.25) is 0 Å². The van der Waals surface area contributed by atoms with Gasteiger partial charge < -0.3 is 0 Å². The van der Waals surface area contributed by atoms with Gasteiger partial charge in [-0.1, -0.05) is 30.3 Å². The Labute approximate surface area is 137 Å². The minimum atomic E-state index is -0.460. The molecule has 1 amide bonds. The lowest BCUT2D eigenvalue weighted by atomic mass is 10.1. The molecule has 7 heteroatoms. The molecule has 2 rings (SSSR count). The van der Waals surface area contributed by atoms with Gasteiger partial charge in [-0.25, -0.2) is 0 Å². The number of nitro groups is 1. The lowest BCUT2D eigenvalue weighted by molar-refractivity contribution is -0.385. The van der Waals surface area contributed by atoms with Gasteiger partial charge in [0.1, 0.15) is 0 Å². The SMILES string of the molecule is C=C(NNC(=O)c1ccc(Cl)cc1)c1ccc(C)c([N+](=O)[O-])c1. The quantitative estimate of drug-likeness (QED) is 0.649. The largest absolute Gasteiger partial charge is 0.298 e. The number of benzene rings is 2.